The van der Waals surface area contributed by atoms with Crippen molar-refractivity contribution in [3.05, 3.63) is 0 Å². The van der Waals surface area contributed by atoms with Crippen LogP contribution in [0.15, 0.2) is 0 Å². The fourth-order valence-electron chi connectivity index (χ4n) is 6.25. The van der Waals surface area contributed by atoms with E-state index < -0.39 is 112 Å². The molecule has 16 nitrogen and oxygen atoms in total. The molecule has 2 unspecified atom stereocenters. The molecule has 3 heterocycles. The van der Waals surface area contributed by atoms with E-state index in [2.05, 4.69) is 12.2 Å². The predicted octanol–water partition coefficient (Wildman–Crippen LogP) is -3.12. The normalized spacial score (nSPS) is 41.9. The highest BCUT2D eigenvalue weighted by atomic mass is 16.7. The molecule has 3 fully saturated rings. The lowest BCUT2D eigenvalue weighted by molar-refractivity contribution is -0.349. The van der Waals surface area contributed by atoms with Gasteiger partial charge in [-0.15, -0.1) is 0 Å². The van der Waals surface area contributed by atoms with Gasteiger partial charge < -0.3 is 81.3 Å². The van der Waals surface area contributed by atoms with E-state index in [4.69, 9.17) is 35.2 Å². The summed E-state index contributed by atoms with van der Waals surface area (Å²) in [6, 6.07) is -3.54. The van der Waals surface area contributed by atoms with Gasteiger partial charge in [0.05, 0.1) is 37.9 Å². The minimum absolute atomic E-state index is 0.481. The molecule has 0 aliphatic carbocycles. The fourth-order valence-corrected chi connectivity index (χ4v) is 6.25. The summed E-state index contributed by atoms with van der Waals surface area (Å²) in [5.41, 5.74) is 12.0. The van der Waals surface area contributed by atoms with Gasteiger partial charge in [-0.05, 0) is 13.0 Å². The lowest BCUT2D eigenvalue weighted by Crippen LogP contribution is -2.69. The van der Waals surface area contributed by atoms with Gasteiger partial charge in [0.1, 0.15) is 54.9 Å². The van der Waals surface area contributed by atoms with Crippen molar-refractivity contribution < 1.29 is 64.5 Å². The standard InChI is InChI=1S/C30H59N3O13/c1-2-3-4-5-6-7-8-9-10-11-12-33-21-25(40)22(37)16(13-34)43-30(21)46-27-18(15-36)44-29(20(32)24(27)39)45-26-17(14-35)42-28(41)19(31)23(26)38/h16-30,33-41H,2-15,31-32H2,1H3/t16-,17-,18-,19-,20-,21-,22-,23-,24-,25-,26?,27?,28-,29+,30+/m1/s1. The van der Waals surface area contributed by atoms with E-state index in [9.17, 15) is 40.9 Å². The minimum Gasteiger partial charge on any atom is -0.394 e. The maximum absolute atomic E-state index is 11.2. The molecule has 13 N–H and O–H groups in total. The van der Waals surface area contributed by atoms with Gasteiger partial charge >= 0.3 is 0 Å². The van der Waals surface area contributed by atoms with Crippen molar-refractivity contribution in [2.45, 2.75) is 163 Å². The van der Waals surface area contributed by atoms with Crippen LogP contribution in [0.5, 0.6) is 0 Å². The molecule has 0 aromatic carbocycles. The Morgan fingerprint density at radius 2 is 1.04 bits per heavy atom. The number of aliphatic hydroxyl groups is 8. The van der Waals surface area contributed by atoms with Crippen LogP contribution < -0.4 is 16.8 Å². The Morgan fingerprint density at radius 1 is 0.565 bits per heavy atom. The molecule has 15 atom stereocenters. The van der Waals surface area contributed by atoms with Crippen molar-refractivity contribution in [1.29, 1.82) is 0 Å². The summed E-state index contributed by atoms with van der Waals surface area (Å²) in [7, 11) is 0. The van der Waals surface area contributed by atoms with Crippen LogP contribution in [0.25, 0.3) is 0 Å². The van der Waals surface area contributed by atoms with E-state index in [0.717, 1.165) is 25.7 Å². The number of nitrogens with two attached hydrogens (primary N) is 2. The highest BCUT2D eigenvalue weighted by Crippen LogP contribution is 2.31. The van der Waals surface area contributed by atoms with Gasteiger partial charge in [0.25, 0.3) is 0 Å². The van der Waals surface area contributed by atoms with Gasteiger partial charge in [0, 0.05) is 0 Å². The molecule has 3 aliphatic heterocycles. The third-order valence-electron chi connectivity index (χ3n) is 9.20. The average Bonchev–Trinajstić information content (AvgIpc) is 3.05. The quantitative estimate of drug-likeness (QED) is 0.0607. The monoisotopic (exact) mass is 669 g/mol. The van der Waals surface area contributed by atoms with Gasteiger partial charge in [-0.1, -0.05) is 64.7 Å². The Balaban J connectivity index is 1.59. The van der Waals surface area contributed by atoms with Crippen LogP contribution in [0.2, 0.25) is 0 Å². The summed E-state index contributed by atoms with van der Waals surface area (Å²) >= 11 is 0. The Bertz CT molecular complexity index is 833. The zero-order chi connectivity index (χ0) is 33.8. The van der Waals surface area contributed by atoms with Gasteiger partial charge in [-0.3, -0.25) is 0 Å². The summed E-state index contributed by atoms with van der Waals surface area (Å²) in [5, 5.41) is 85.9. The summed E-state index contributed by atoms with van der Waals surface area (Å²) in [4.78, 5) is 0. The SMILES string of the molecule is CCCCCCCCCCCCN[C@H]1[C@H](OC2[C@@H](CO)O[C@@H](OC3[C@@H](CO)O[C@@H](O)[C@H](N)[C@H]3O)[C@H](N)[C@H]2O)O[C@H](CO)[C@@H](O)[C@@H]1O. The molecular formula is C30H59N3O13. The summed E-state index contributed by atoms with van der Waals surface area (Å²) in [6.07, 6.45) is -4.80. The van der Waals surface area contributed by atoms with E-state index in [1.165, 1.54) is 38.5 Å². The molecule has 3 saturated heterocycles. The van der Waals surface area contributed by atoms with Crippen molar-refractivity contribution in [2.75, 3.05) is 26.4 Å². The van der Waals surface area contributed by atoms with Crippen LogP contribution in [0, 0.1) is 0 Å². The summed E-state index contributed by atoms with van der Waals surface area (Å²) in [5.74, 6) is 0. The molecule has 0 aromatic rings. The number of hydrogen-bond donors (Lipinski definition) is 11. The molecule has 0 aromatic heterocycles. The van der Waals surface area contributed by atoms with Crippen molar-refractivity contribution >= 4 is 0 Å². The van der Waals surface area contributed by atoms with E-state index in [1.807, 2.05) is 0 Å². The zero-order valence-electron chi connectivity index (χ0n) is 26.8. The number of ether oxygens (including phenoxy) is 5. The molecule has 0 bridgehead atoms. The van der Waals surface area contributed by atoms with Crippen LogP contribution in [-0.2, 0) is 23.7 Å². The third-order valence-corrected chi connectivity index (χ3v) is 9.20. The van der Waals surface area contributed by atoms with E-state index in [0.29, 0.717) is 6.54 Å². The number of rotatable bonds is 19. The Kier molecular flexibility index (Phi) is 17.4. The van der Waals surface area contributed by atoms with Gasteiger partial charge in [0.2, 0.25) is 0 Å². The molecular weight excluding hydrogens is 610 g/mol. The lowest BCUT2D eigenvalue weighted by Gasteiger charge is -2.49. The summed E-state index contributed by atoms with van der Waals surface area (Å²) in [6.45, 7) is 0.763. The smallest absolute Gasteiger partial charge is 0.176 e. The molecule has 0 spiro atoms. The maximum atomic E-state index is 11.2. The molecule has 0 radical (unpaired) electrons. The van der Waals surface area contributed by atoms with Crippen LogP contribution in [0.3, 0.4) is 0 Å². The lowest BCUT2D eigenvalue weighted by atomic mass is 9.94. The summed E-state index contributed by atoms with van der Waals surface area (Å²) < 4.78 is 28.7. The van der Waals surface area contributed by atoms with Gasteiger partial charge in [0.15, 0.2) is 18.9 Å². The average molecular weight is 670 g/mol. The van der Waals surface area contributed by atoms with Crippen LogP contribution in [0.4, 0.5) is 0 Å². The Labute approximate surface area is 270 Å². The van der Waals surface area contributed by atoms with Crippen molar-refractivity contribution in [3.8, 4) is 0 Å². The molecule has 3 aliphatic rings. The first kappa shape index (κ1) is 39.8. The Morgan fingerprint density at radius 3 is 1.61 bits per heavy atom. The second kappa shape index (κ2) is 20.1. The highest BCUT2D eigenvalue weighted by molar-refractivity contribution is 4.99. The molecule has 0 amide bonds. The topological polar surface area (TPSA) is 272 Å². The van der Waals surface area contributed by atoms with Crippen molar-refractivity contribution in [1.82, 2.24) is 5.32 Å². The first-order chi connectivity index (χ1) is 22.1. The van der Waals surface area contributed by atoms with E-state index in [-0.39, 0.29) is 0 Å². The molecule has 46 heavy (non-hydrogen) atoms. The maximum Gasteiger partial charge on any atom is 0.176 e. The number of aliphatic hydroxyl groups excluding tert-OH is 8. The van der Waals surface area contributed by atoms with Crippen LogP contribution >= 0.6 is 0 Å². The predicted molar refractivity (Wildman–Crippen MR) is 163 cm³/mol. The van der Waals surface area contributed by atoms with E-state index in [1.54, 1.807) is 0 Å². The third kappa shape index (κ3) is 10.4. The molecule has 16 heteroatoms. The van der Waals surface area contributed by atoms with Crippen molar-refractivity contribution in [3.63, 3.8) is 0 Å². The molecule has 0 saturated carbocycles. The van der Waals surface area contributed by atoms with Crippen LogP contribution in [-0.4, -0.2) is 159 Å². The largest absolute Gasteiger partial charge is 0.394 e. The first-order valence-electron chi connectivity index (χ1n) is 16.8. The second-order valence-electron chi connectivity index (χ2n) is 12.7. The molecule has 272 valence electrons. The highest BCUT2D eigenvalue weighted by Gasteiger charge is 2.52. The van der Waals surface area contributed by atoms with E-state index >= 15 is 0 Å². The van der Waals surface area contributed by atoms with Crippen LogP contribution in [0.1, 0.15) is 71.1 Å². The number of unbranched alkanes of at least 4 members (excludes halogenated alkanes) is 9. The number of nitrogens with one attached hydrogen (secondary N) is 1. The zero-order valence-corrected chi connectivity index (χ0v) is 26.8. The van der Waals surface area contributed by atoms with Crippen molar-refractivity contribution in [2.24, 2.45) is 11.5 Å². The minimum atomic E-state index is -1.56. The first-order valence-corrected chi connectivity index (χ1v) is 16.8. The second-order valence-corrected chi connectivity index (χ2v) is 12.7. The van der Waals surface area contributed by atoms with Gasteiger partial charge in [-0.25, -0.2) is 0 Å². The van der Waals surface area contributed by atoms with Gasteiger partial charge in [-0.2, -0.15) is 0 Å². The Hall–Kier alpha value is -0.640. The molecule has 3 rings (SSSR count). The fraction of sp³-hybridized carbons (Fsp3) is 1.00. The number of hydrogen-bond acceptors (Lipinski definition) is 16.